The number of rotatable bonds is 7. The quantitative estimate of drug-likeness (QED) is 0.562. The van der Waals surface area contributed by atoms with Crippen LogP contribution < -0.4 is 10.1 Å². The number of methoxy groups -OCH3 is 1. The maximum atomic E-state index is 13.5. The summed E-state index contributed by atoms with van der Waals surface area (Å²) in [5.41, 5.74) is 1.57. The number of nitrogens with zero attached hydrogens (tertiary/aromatic N) is 3. The second-order valence-electron chi connectivity index (χ2n) is 8.05. The Kier molecular flexibility index (Phi) is 6.66. The minimum Gasteiger partial charge on any atom is -0.467 e. The molecular formula is C23H26FN5O4. The van der Waals surface area contributed by atoms with Crippen molar-refractivity contribution in [3.63, 3.8) is 0 Å². The Labute approximate surface area is 190 Å². The lowest BCUT2D eigenvalue weighted by molar-refractivity contribution is -0.231. The molecule has 0 unspecified atom stereocenters. The van der Waals surface area contributed by atoms with Gasteiger partial charge in [-0.2, -0.15) is 4.98 Å². The topological polar surface area (TPSA) is 111 Å². The van der Waals surface area contributed by atoms with Crippen LogP contribution in [0.3, 0.4) is 0 Å². The summed E-state index contributed by atoms with van der Waals surface area (Å²) in [6, 6.07) is 7.91. The highest BCUT2D eigenvalue weighted by atomic mass is 19.1. The molecule has 1 aromatic carbocycles. The number of halogens is 1. The van der Waals surface area contributed by atoms with Crippen molar-refractivity contribution in [1.29, 1.82) is 0 Å². The standard InChI is InChI=1S/C23H26FN5O4/c1-4-10-25-21(30)23(2)12-32-20(33-13-23)19-28-17(14-5-7-15(24)8-6-14)18(29-19)16-9-11-26-22(27-16)31-3/h5-9,11,20H,4,10,12-13H2,1-3H3,(H,25,30)(H,28,29). The van der Waals surface area contributed by atoms with Crippen molar-refractivity contribution < 1.29 is 23.4 Å². The summed E-state index contributed by atoms with van der Waals surface area (Å²) in [5, 5.41) is 2.89. The molecule has 1 fully saturated rings. The van der Waals surface area contributed by atoms with Gasteiger partial charge in [0.15, 0.2) is 5.82 Å². The monoisotopic (exact) mass is 455 g/mol. The van der Waals surface area contributed by atoms with Gasteiger partial charge in [-0.15, -0.1) is 0 Å². The SMILES string of the molecule is CCCNC(=O)C1(C)COC(c2nc(-c3ccc(F)cc3)c(-c3ccnc(OC)n3)[nH]2)OC1. The first-order valence-electron chi connectivity index (χ1n) is 10.7. The van der Waals surface area contributed by atoms with Gasteiger partial charge in [-0.05, 0) is 43.7 Å². The third-order valence-electron chi connectivity index (χ3n) is 5.33. The average molecular weight is 455 g/mol. The van der Waals surface area contributed by atoms with Crippen molar-refractivity contribution in [1.82, 2.24) is 25.3 Å². The van der Waals surface area contributed by atoms with E-state index in [4.69, 9.17) is 14.2 Å². The van der Waals surface area contributed by atoms with E-state index >= 15 is 0 Å². The largest absolute Gasteiger partial charge is 0.467 e. The molecule has 1 saturated heterocycles. The highest BCUT2D eigenvalue weighted by molar-refractivity contribution is 5.82. The van der Waals surface area contributed by atoms with Crippen LogP contribution in [0.5, 0.6) is 6.01 Å². The van der Waals surface area contributed by atoms with E-state index in [0.29, 0.717) is 35.0 Å². The van der Waals surface area contributed by atoms with Gasteiger partial charge >= 0.3 is 6.01 Å². The van der Waals surface area contributed by atoms with E-state index < -0.39 is 11.7 Å². The minimum atomic E-state index is -0.797. The molecule has 0 bridgehead atoms. The molecular weight excluding hydrogens is 429 g/mol. The van der Waals surface area contributed by atoms with Crippen LogP contribution in [0.25, 0.3) is 22.6 Å². The molecule has 0 saturated carbocycles. The van der Waals surface area contributed by atoms with Gasteiger partial charge < -0.3 is 24.5 Å². The van der Waals surface area contributed by atoms with Gasteiger partial charge in [-0.25, -0.2) is 14.4 Å². The molecule has 174 valence electrons. The summed E-state index contributed by atoms with van der Waals surface area (Å²) in [4.78, 5) is 28.8. The second-order valence-corrected chi connectivity index (χ2v) is 8.05. The van der Waals surface area contributed by atoms with Crippen LogP contribution in [0.4, 0.5) is 4.39 Å². The Balaban J connectivity index is 1.63. The van der Waals surface area contributed by atoms with Crippen LogP contribution in [0.2, 0.25) is 0 Å². The zero-order chi connectivity index (χ0) is 23.4. The zero-order valence-corrected chi connectivity index (χ0v) is 18.7. The molecule has 2 aromatic heterocycles. The van der Waals surface area contributed by atoms with E-state index in [-0.39, 0.29) is 30.9 Å². The fourth-order valence-electron chi connectivity index (χ4n) is 3.43. The molecule has 9 nitrogen and oxygen atoms in total. The molecule has 1 amide bonds. The molecule has 2 N–H and O–H groups in total. The number of benzene rings is 1. The number of ether oxygens (including phenoxy) is 3. The first-order chi connectivity index (χ1) is 15.9. The lowest BCUT2D eigenvalue weighted by Gasteiger charge is -2.35. The third-order valence-corrected chi connectivity index (χ3v) is 5.33. The van der Waals surface area contributed by atoms with Crippen LogP contribution in [-0.2, 0) is 14.3 Å². The fraction of sp³-hybridized carbons (Fsp3) is 0.391. The number of hydrogen-bond acceptors (Lipinski definition) is 7. The summed E-state index contributed by atoms with van der Waals surface area (Å²) < 4.78 is 30.4. The van der Waals surface area contributed by atoms with E-state index in [0.717, 1.165) is 6.42 Å². The Morgan fingerprint density at radius 3 is 2.64 bits per heavy atom. The van der Waals surface area contributed by atoms with Gasteiger partial charge in [-0.3, -0.25) is 4.79 Å². The Morgan fingerprint density at radius 1 is 1.24 bits per heavy atom. The van der Waals surface area contributed by atoms with Crippen LogP contribution >= 0.6 is 0 Å². The lowest BCUT2D eigenvalue weighted by Crippen LogP contribution is -2.48. The normalized spacial score (nSPS) is 20.4. The van der Waals surface area contributed by atoms with E-state index in [2.05, 4.69) is 25.3 Å². The smallest absolute Gasteiger partial charge is 0.316 e. The highest BCUT2D eigenvalue weighted by Gasteiger charge is 2.40. The molecule has 1 aliphatic heterocycles. The molecule has 10 heteroatoms. The number of carbonyl (C=O) groups excluding carboxylic acids is 1. The highest BCUT2D eigenvalue weighted by Crippen LogP contribution is 2.35. The van der Waals surface area contributed by atoms with Crippen LogP contribution in [0.15, 0.2) is 36.5 Å². The molecule has 33 heavy (non-hydrogen) atoms. The third kappa shape index (κ3) is 4.86. The number of aromatic nitrogens is 4. The number of aromatic amines is 1. The van der Waals surface area contributed by atoms with E-state index in [9.17, 15) is 9.18 Å². The van der Waals surface area contributed by atoms with Gasteiger partial charge in [0.05, 0.1) is 42.8 Å². The second kappa shape index (κ2) is 9.63. The van der Waals surface area contributed by atoms with Crippen molar-refractivity contribution in [2.45, 2.75) is 26.6 Å². The fourth-order valence-corrected chi connectivity index (χ4v) is 3.43. The average Bonchev–Trinajstić information content (AvgIpc) is 3.29. The molecule has 1 aliphatic rings. The Hall–Kier alpha value is -3.37. The molecule has 0 aliphatic carbocycles. The lowest BCUT2D eigenvalue weighted by atomic mass is 9.91. The van der Waals surface area contributed by atoms with Gasteiger partial charge in [-0.1, -0.05) is 6.92 Å². The maximum Gasteiger partial charge on any atom is 0.316 e. The van der Waals surface area contributed by atoms with Crippen molar-refractivity contribution >= 4 is 5.91 Å². The summed E-state index contributed by atoms with van der Waals surface area (Å²) in [6.45, 7) is 4.75. The Bertz CT molecular complexity index is 1110. The van der Waals surface area contributed by atoms with Crippen LogP contribution in [-0.4, -0.2) is 52.7 Å². The predicted octanol–water partition coefficient (Wildman–Crippen LogP) is 3.26. The number of imidazole rings is 1. The summed E-state index contributed by atoms with van der Waals surface area (Å²) >= 11 is 0. The van der Waals surface area contributed by atoms with Gasteiger partial charge in [0.2, 0.25) is 12.2 Å². The molecule has 0 spiro atoms. The number of carbonyl (C=O) groups is 1. The number of H-pyrrole nitrogens is 1. The zero-order valence-electron chi connectivity index (χ0n) is 18.7. The minimum absolute atomic E-state index is 0.108. The van der Waals surface area contributed by atoms with Crippen molar-refractivity contribution in [3.8, 4) is 28.7 Å². The van der Waals surface area contributed by atoms with Crippen LogP contribution in [0, 0.1) is 11.2 Å². The van der Waals surface area contributed by atoms with E-state index in [1.54, 1.807) is 31.3 Å². The molecule has 3 heterocycles. The first-order valence-corrected chi connectivity index (χ1v) is 10.7. The summed E-state index contributed by atoms with van der Waals surface area (Å²) in [6.07, 6.45) is 1.62. The molecule has 0 radical (unpaired) electrons. The van der Waals surface area contributed by atoms with Gasteiger partial charge in [0.1, 0.15) is 5.82 Å². The van der Waals surface area contributed by atoms with Gasteiger partial charge in [0, 0.05) is 18.3 Å². The summed E-state index contributed by atoms with van der Waals surface area (Å²) in [5.74, 6) is -0.0414. The van der Waals surface area contributed by atoms with Crippen LogP contribution in [0.1, 0.15) is 32.4 Å². The van der Waals surface area contributed by atoms with E-state index in [1.165, 1.54) is 19.2 Å². The first kappa shape index (κ1) is 22.8. The number of hydrogen-bond donors (Lipinski definition) is 2. The van der Waals surface area contributed by atoms with Gasteiger partial charge in [0.25, 0.3) is 0 Å². The Morgan fingerprint density at radius 2 is 1.97 bits per heavy atom. The molecule has 4 rings (SSSR count). The van der Waals surface area contributed by atoms with Crippen molar-refractivity contribution in [2.24, 2.45) is 5.41 Å². The van der Waals surface area contributed by atoms with Crippen molar-refractivity contribution in [3.05, 3.63) is 48.2 Å². The molecule has 0 atom stereocenters. The molecule has 3 aromatic rings. The number of nitrogens with one attached hydrogen (secondary N) is 2. The maximum absolute atomic E-state index is 13.5. The van der Waals surface area contributed by atoms with E-state index in [1.807, 2.05) is 6.92 Å². The predicted molar refractivity (Wildman–Crippen MR) is 118 cm³/mol. The van der Waals surface area contributed by atoms with Crippen molar-refractivity contribution in [2.75, 3.05) is 26.9 Å². The summed E-state index contributed by atoms with van der Waals surface area (Å²) in [7, 11) is 1.48. The number of amides is 1.